The zero-order valence-corrected chi connectivity index (χ0v) is 13.2. The maximum atomic E-state index is 12.0. The summed E-state index contributed by atoms with van der Waals surface area (Å²) in [5.41, 5.74) is 0.455. The molecule has 1 aromatic heterocycles. The quantitative estimate of drug-likeness (QED) is 0.909. The third-order valence-corrected chi connectivity index (χ3v) is 5.22. The average molecular weight is 317 g/mol. The highest BCUT2D eigenvalue weighted by molar-refractivity contribution is 6.30. The first-order valence-corrected chi connectivity index (χ1v) is 7.64. The Morgan fingerprint density at radius 1 is 1.40 bits per heavy atom. The number of pyridine rings is 1. The van der Waals surface area contributed by atoms with Crippen molar-refractivity contribution in [2.75, 3.05) is 13.1 Å². The lowest BCUT2D eigenvalue weighted by Crippen LogP contribution is -2.47. The van der Waals surface area contributed by atoms with Crippen LogP contribution in [0, 0.1) is 11.3 Å². The zero-order valence-electron chi connectivity index (χ0n) is 11.6. The fraction of sp³-hybridized carbons (Fsp3) is 0.667. The van der Waals surface area contributed by atoms with Crippen LogP contribution in [0.15, 0.2) is 23.1 Å². The Bertz CT molecular complexity index is 509. The van der Waals surface area contributed by atoms with Gasteiger partial charge < -0.3 is 9.88 Å². The smallest absolute Gasteiger partial charge is 0.252 e. The molecule has 1 aromatic rings. The summed E-state index contributed by atoms with van der Waals surface area (Å²) in [6.45, 7) is 3.05. The SMILES string of the molecule is Cl.O=c1cc(Cl)ccn1CC1CCNCC12CCCC2. The highest BCUT2D eigenvalue weighted by Crippen LogP contribution is 2.47. The second-order valence-corrected chi connectivity index (χ2v) is 6.50. The number of halogens is 2. The van der Waals surface area contributed by atoms with Crippen molar-refractivity contribution < 1.29 is 0 Å². The molecule has 1 atom stereocenters. The second-order valence-electron chi connectivity index (χ2n) is 6.07. The lowest BCUT2D eigenvalue weighted by molar-refractivity contribution is 0.101. The lowest BCUT2D eigenvalue weighted by atomic mass is 9.70. The molecule has 1 saturated heterocycles. The van der Waals surface area contributed by atoms with E-state index in [1.54, 1.807) is 0 Å². The second kappa shape index (κ2) is 6.50. The van der Waals surface area contributed by atoms with Gasteiger partial charge >= 0.3 is 0 Å². The third kappa shape index (κ3) is 3.05. The van der Waals surface area contributed by atoms with Gasteiger partial charge in [0.1, 0.15) is 0 Å². The van der Waals surface area contributed by atoms with E-state index in [1.807, 2.05) is 16.8 Å². The van der Waals surface area contributed by atoms with Crippen molar-refractivity contribution in [1.82, 2.24) is 9.88 Å². The molecule has 112 valence electrons. The number of piperidine rings is 1. The van der Waals surface area contributed by atoms with E-state index in [2.05, 4.69) is 5.32 Å². The van der Waals surface area contributed by atoms with Gasteiger partial charge in [-0.2, -0.15) is 0 Å². The predicted octanol–water partition coefficient (Wildman–Crippen LogP) is 3.09. The van der Waals surface area contributed by atoms with E-state index in [1.165, 1.54) is 38.2 Å². The normalized spacial score (nSPS) is 24.6. The highest BCUT2D eigenvalue weighted by atomic mass is 35.5. The summed E-state index contributed by atoms with van der Waals surface area (Å²) in [5, 5.41) is 4.08. The molecule has 20 heavy (non-hydrogen) atoms. The molecule has 3 rings (SSSR count). The molecular weight excluding hydrogens is 295 g/mol. The van der Waals surface area contributed by atoms with Crippen molar-refractivity contribution in [1.29, 1.82) is 0 Å². The Morgan fingerprint density at radius 2 is 2.15 bits per heavy atom. The first-order chi connectivity index (χ1) is 9.20. The molecule has 1 saturated carbocycles. The predicted molar refractivity (Wildman–Crippen MR) is 84.8 cm³/mol. The van der Waals surface area contributed by atoms with E-state index in [0.717, 1.165) is 19.6 Å². The molecule has 0 aromatic carbocycles. The van der Waals surface area contributed by atoms with E-state index < -0.39 is 0 Å². The van der Waals surface area contributed by atoms with Gasteiger partial charge in [0.15, 0.2) is 0 Å². The van der Waals surface area contributed by atoms with Crippen LogP contribution >= 0.6 is 24.0 Å². The minimum atomic E-state index is 0. The topological polar surface area (TPSA) is 34.0 Å². The summed E-state index contributed by atoms with van der Waals surface area (Å²) >= 11 is 5.86. The van der Waals surface area contributed by atoms with Crippen molar-refractivity contribution >= 4 is 24.0 Å². The lowest BCUT2D eigenvalue weighted by Gasteiger charge is -2.42. The third-order valence-electron chi connectivity index (χ3n) is 4.99. The average Bonchev–Trinajstić information content (AvgIpc) is 2.85. The van der Waals surface area contributed by atoms with Crippen molar-refractivity contribution in [2.45, 2.75) is 38.6 Å². The molecule has 0 bridgehead atoms. The maximum Gasteiger partial charge on any atom is 0.252 e. The van der Waals surface area contributed by atoms with Crippen molar-refractivity contribution in [3.63, 3.8) is 0 Å². The fourth-order valence-electron chi connectivity index (χ4n) is 3.89. The summed E-state index contributed by atoms with van der Waals surface area (Å²) in [5.74, 6) is 0.620. The van der Waals surface area contributed by atoms with Crippen molar-refractivity contribution in [3.05, 3.63) is 33.7 Å². The van der Waals surface area contributed by atoms with E-state index >= 15 is 0 Å². The Kier molecular flexibility index (Phi) is 5.16. The zero-order chi connectivity index (χ0) is 13.3. The van der Waals surface area contributed by atoms with Crippen LogP contribution in [-0.2, 0) is 6.54 Å². The monoisotopic (exact) mass is 316 g/mol. The van der Waals surface area contributed by atoms with Crippen LogP contribution in [0.3, 0.4) is 0 Å². The molecule has 1 aliphatic heterocycles. The van der Waals surface area contributed by atoms with Crippen LogP contribution in [0.5, 0.6) is 0 Å². The maximum absolute atomic E-state index is 12.0. The number of nitrogens with zero attached hydrogens (tertiary/aromatic N) is 1. The Labute approximate surface area is 131 Å². The molecule has 3 nitrogen and oxygen atoms in total. The van der Waals surface area contributed by atoms with Gasteiger partial charge in [0, 0.05) is 30.4 Å². The van der Waals surface area contributed by atoms with E-state index in [9.17, 15) is 4.79 Å². The van der Waals surface area contributed by atoms with E-state index in [4.69, 9.17) is 11.6 Å². The Hall–Kier alpha value is -0.510. The molecule has 0 radical (unpaired) electrons. The molecule has 2 aliphatic rings. The number of hydrogen-bond acceptors (Lipinski definition) is 2. The van der Waals surface area contributed by atoms with Gasteiger partial charge in [-0.3, -0.25) is 4.79 Å². The molecule has 1 N–H and O–H groups in total. The molecule has 2 heterocycles. The van der Waals surface area contributed by atoms with Crippen LogP contribution in [0.25, 0.3) is 0 Å². The van der Waals surface area contributed by atoms with Gasteiger partial charge in [-0.15, -0.1) is 12.4 Å². The summed E-state index contributed by atoms with van der Waals surface area (Å²) in [6.07, 6.45) is 8.33. The van der Waals surface area contributed by atoms with Gasteiger partial charge in [-0.05, 0) is 43.2 Å². The molecule has 1 aliphatic carbocycles. The first-order valence-electron chi connectivity index (χ1n) is 7.26. The Balaban J connectivity index is 0.00000147. The Morgan fingerprint density at radius 3 is 2.85 bits per heavy atom. The molecule has 1 spiro atoms. The largest absolute Gasteiger partial charge is 0.316 e. The van der Waals surface area contributed by atoms with Crippen molar-refractivity contribution in [2.24, 2.45) is 11.3 Å². The molecule has 1 unspecified atom stereocenters. The first kappa shape index (κ1) is 15.9. The standard InChI is InChI=1S/C15H21ClN2O.ClH/c16-13-4-8-18(14(19)9-13)10-12-3-7-17-11-15(12)5-1-2-6-15;/h4,8-9,12,17H,1-3,5-7,10-11H2;1H. The molecule has 0 amide bonds. The molecule has 2 fully saturated rings. The minimum Gasteiger partial charge on any atom is -0.316 e. The minimum absolute atomic E-state index is 0. The number of hydrogen-bond donors (Lipinski definition) is 1. The van der Waals surface area contributed by atoms with Crippen LogP contribution in [-0.4, -0.2) is 17.7 Å². The van der Waals surface area contributed by atoms with Crippen LogP contribution < -0.4 is 10.9 Å². The fourth-order valence-corrected chi connectivity index (χ4v) is 4.03. The van der Waals surface area contributed by atoms with Crippen LogP contribution in [0.2, 0.25) is 5.02 Å². The van der Waals surface area contributed by atoms with E-state index in [0.29, 0.717) is 16.4 Å². The van der Waals surface area contributed by atoms with Gasteiger partial charge in [0.05, 0.1) is 0 Å². The summed E-state index contributed by atoms with van der Waals surface area (Å²) in [6, 6.07) is 3.33. The molecular formula is C15H22Cl2N2O. The number of aromatic nitrogens is 1. The van der Waals surface area contributed by atoms with Gasteiger partial charge in [0.2, 0.25) is 0 Å². The van der Waals surface area contributed by atoms with Gasteiger partial charge in [0.25, 0.3) is 5.56 Å². The number of rotatable bonds is 2. The van der Waals surface area contributed by atoms with Crippen LogP contribution in [0.4, 0.5) is 0 Å². The summed E-state index contributed by atoms with van der Waals surface area (Å²) in [4.78, 5) is 12.0. The van der Waals surface area contributed by atoms with Gasteiger partial charge in [-0.1, -0.05) is 24.4 Å². The van der Waals surface area contributed by atoms with Gasteiger partial charge in [-0.25, -0.2) is 0 Å². The highest BCUT2D eigenvalue weighted by Gasteiger charge is 2.42. The molecule has 5 heteroatoms. The summed E-state index contributed by atoms with van der Waals surface area (Å²) < 4.78 is 1.84. The van der Waals surface area contributed by atoms with E-state index in [-0.39, 0.29) is 18.0 Å². The summed E-state index contributed by atoms with van der Waals surface area (Å²) in [7, 11) is 0. The van der Waals surface area contributed by atoms with Crippen LogP contribution in [0.1, 0.15) is 32.1 Å². The number of nitrogens with one attached hydrogen (secondary N) is 1. The van der Waals surface area contributed by atoms with Crippen molar-refractivity contribution in [3.8, 4) is 0 Å².